The van der Waals surface area contributed by atoms with Crippen LogP contribution < -0.4 is 4.74 Å². The summed E-state index contributed by atoms with van der Waals surface area (Å²) in [5, 5.41) is 9.25. The highest BCUT2D eigenvalue weighted by atomic mass is 127. The van der Waals surface area contributed by atoms with Gasteiger partial charge in [-0.15, -0.1) is 0 Å². The Bertz CT molecular complexity index is 805. The Morgan fingerprint density at radius 2 is 1.72 bits per heavy atom. The first kappa shape index (κ1) is 20.8. The van der Waals surface area contributed by atoms with E-state index in [2.05, 4.69) is 0 Å². The molecule has 0 spiro atoms. The number of carboxylic acid groups (broad SMARTS) is 1. The number of alkyl halides is 2. The monoisotopic (exact) mass is 520 g/mol. The van der Waals surface area contributed by atoms with Gasteiger partial charge in [0.25, 0.3) is 0 Å². The number of carbonyl (C=O) groups is 2. The number of ether oxygens (including phenoxy) is 2. The largest absolute Gasteiger partial charge is 0.496 e. The number of benzene rings is 1. The lowest BCUT2D eigenvalue weighted by atomic mass is 9.47. The first-order chi connectivity index (χ1) is 13.6. The van der Waals surface area contributed by atoms with Crippen molar-refractivity contribution in [3.8, 4) is 5.75 Å². The highest BCUT2D eigenvalue weighted by Gasteiger charge is 2.65. The molecule has 5 nitrogen and oxygen atoms in total. The number of rotatable bonds is 6. The zero-order valence-corrected chi connectivity index (χ0v) is 18.2. The molecule has 29 heavy (non-hydrogen) atoms. The topological polar surface area (TPSA) is 72.8 Å². The van der Waals surface area contributed by atoms with E-state index in [0.717, 1.165) is 19.3 Å². The normalized spacial score (nSPS) is 31.4. The lowest BCUT2D eigenvalue weighted by Crippen LogP contribution is -2.60. The molecule has 1 atom stereocenters. The molecule has 1 aromatic carbocycles. The van der Waals surface area contributed by atoms with Crippen molar-refractivity contribution >= 4 is 34.5 Å². The van der Waals surface area contributed by atoms with Crippen LogP contribution in [-0.2, 0) is 9.53 Å². The molecule has 0 radical (unpaired) electrons. The average molecular weight is 520 g/mol. The van der Waals surface area contributed by atoms with Crippen LogP contribution in [0.2, 0.25) is 0 Å². The van der Waals surface area contributed by atoms with Gasteiger partial charge in [0, 0.05) is 5.41 Å². The zero-order valence-electron chi connectivity index (χ0n) is 16.0. The molecule has 1 aromatic rings. The van der Waals surface area contributed by atoms with Gasteiger partial charge in [-0.05, 0) is 97.1 Å². The van der Waals surface area contributed by atoms with Gasteiger partial charge in [-0.25, -0.2) is 9.59 Å². The van der Waals surface area contributed by atoms with Gasteiger partial charge < -0.3 is 14.6 Å². The van der Waals surface area contributed by atoms with Crippen molar-refractivity contribution in [2.45, 2.75) is 50.6 Å². The SMILES string of the molecule is COc1ccc(C(=O)OC(C23CC4CC(CC(C4)C2)C3)C(F)(F)C(=O)O)cc1I. The number of hydrogen-bond donors (Lipinski definition) is 1. The molecule has 0 heterocycles. The molecule has 4 saturated carbocycles. The van der Waals surface area contributed by atoms with Crippen molar-refractivity contribution in [1.29, 1.82) is 0 Å². The van der Waals surface area contributed by atoms with E-state index in [-0.39, 0.29) is 5.56 Å². The van der Waals surface area contributed by atoms with Crippen molar-refractivity contribution in [3.05, 3.63) is 27.3 Å². The summed E-state index contributed by atoms with van der Waals surface area (Å²) < 4.78 is 40.9. The van der Waals surface area contributed by atoms with E-state index in [1.165, 1.54) is 19.2 Å². The van der Waals surface area contributed by atoms with E-state index < -0.39 is 29.4 Å². The van der Waals surface area contributed by atoms with E-state index in [0.29, 0.717) is 46.3 Å². The Morgan fingerprint density at radius 1 is 1.17 bits per heavy atom. The summed E-state index contributed by atoms with van der Waals surface area (Å²) in [4.78, 5) is 24.2. The maximum Gasteiger partial charge on any atom is 0.379 e. The second kappa shape index (κ2) is 7.35. The Kier molecular flexibility index (Phi) is 5.28. The predicted molar refractivity (Wildman–Crippen MR) is 108 cm³/mol. The Hall–Kier alpha value is -1.45. The smallest absolute Gasteiger partial charge is 0.379 e. The lowest BCUT2D eigenvalue weighted by Gasteiger charge is -2.59. The fourth-order valence-electron chi connectivity index (χ4n) is 6.16. The van der Waals surface area contributed by atoms with E-state index in [1.807, 2.05) is 22.6 Å². The second-order valence-electron chi connectivity index (χ2n) is 8.84. The summed E-state index contributed by atoms with van der Waals surface area (Å²) in [5.41, 5.74) is -0.863. The van der Waals surface area contributed by atoms with Crippen molar-refractivity contribution < 1.29 is 33.0 Å². The van der Waals surface area contributed by atoms with Crippen LogP contribution in [0.15, 0.2) is 18.2 Å². The van der Waals surface area contributed by atoms with Crippen LogP contribution in [0.25, 0.3) is 0 Å². The molecule has 0 amide bonds. The van der Waals surface area contributed by atoms with Crippen LogP contribution in [0.3, 0.4) is 0 Å². The number of hydrogen-bond acceptors (Lipinski definition) is 4. The van der Waals surface area contributed by atoms with Crippen LogP contribution in [0, 0.1) is 26.7 Å². The quantitative estimate of drug-likeness (QED) is 0.433. The highest BCUT2D eigenvalue weighted by molar-refractivity contribution is 14.1. The fraction of sp³-hybridized carbons (Fsp3) is 0.619. The van der Waals surface area contributed by atoms with Gasteiger partial charge in [0.1, 0.15) is 5.75 Å². The van der Waals surface area contributed by atoms with Crippen LogP contribution in [0.4, 0.5) is 8.78 Å². The van der Waals surface area contributed by atoms with Crippen LogP contribution in [0.5, 0.6) is 5.75 Å². The average Bonchev–Trinajstić information content (AvgIpc) is 2.64. The molecule has 4 aliphatic rings. The highest BCUT2D eigenvalue weighted by Crippen LogP contribution is 2.63. The fourth-order valence-corrected chi connectivity index (χ4v) is 6.90. The van der Waals surface area contributed by atoms with Gasteiger partial charge in [0.05, 0.1) is 16.2 Å². The molecule has 0 aromatic heterocycles. The van der Waals surface area contributed by atoms with E-state index in [4.69, 9.17) is 9.47 Å². The van der Waals surface area contributed by atoms with Crippen molar-refractivity contribution in [3.63, 3.8) is 0 Å². The summed E-state index contributed by atoms with van der Waals surface area (Å²) in [6.07, 6.45) is 2.56. The minimum Gasteiger partial charge on any atom is -0.496 e. The number of carboxylic acids is 1. The van der Waals surface area contributed by atoms with Gasteiger partial charge in [0.15, 0.2) is 6.10 Å². The Balaban J connectivity index is 1.66. The van der Waals surface area contributed by atoms with Crippen molar-refractivity contribution in [2.75, 3.05) is 7.11 Å². The molecule has 1 N–H and O–H groups in total. The van der Waals surface area contributed by atoms with Crippen LogP contribution in [0.1, 0.15) is 48.9 Å². The van der Waals surface area contributed by atoms with Gasteiger partial charge >= 0.3 is 17.9 Å². The third-order valence-electron chi connectivity index (χ3n) is 6.87. The number of methoxy groups -OCH3 is 1. The third kappa shape index (κ3) is 3.61. The molecule has 8 heteroatoms. The Morgan fingerprint density at radius 3 is 2.17 bits per heavy atom. The standard InChI is InChI=1S/C21H23F2IO5/c1-28-16-3-2-14(7-15(16)24)17(25)29-18(21(22,23)19(26)27)20-8-11-4-12(9-20)6-13(5-11)10-20/h2-3,7,11-13,18H,4-6,8-10H2,1H3,(H,26,27). The molecule has 0 aliphatic heterocycles. The first-order valence-corrected chi connectivity index (χ1v) is 10.9. The second-order valence-corrected chi connectivity index (χ2v) is 10.0. The van der Waals surface area contributed by atoms with Gasteiger partial charge in [-0.3, -0.25) is 0 Å². The summed E-state index contributed by atoms with van der Waals surface area (Å²) >= 11 is 1.98. The van der Waals surface area contributed by atoms with E-state index >= 15 is 0 Å². The van der Waals surface area contributed by atoms with Crippen molar-refractivity contribution in [2.24, 2.45) is 23.2 Å². The van der Waals surface area contributed by atoms with Gasteiger partial charge in [0.2, 0.25) is 0 Å². The van der Waals surface area contributed by atoms with Gasteiger partial charge in [-0.1, -0.05) is 0 Å². The minimum atomic E-state index is -4.14. The van der Waals surface area contributed by atoms with Gasteiger partial charge in [-0.2, -0.15) is 8.78 Å². The summed E-state index contributed by atoms with van der Waals surface area (Å²) in [7, 11) is 1.49. The predicted octanol–water partition coefficient (Wildman–Crippen LogP) is 4.76. The zero-order chi connectivity index (χ0) is 21.0. The number of halogens is 3. The molecule has 158 valence electrons. The summed E-state index contributed by atoms with van der Waals surface area (Å²) in [6.45, 7) is 0. The maximum absolute atomic E-state index is 14.9. The number of esters is 1. The van der Waals surface area contributed by atoms with Crippen molar-refractivity contribution in [1.82, 2.24) is 0 Å². The van der Waals surface area contributed by atoms with E-state index in [1.54, 1.807) is 6.07 Å². The van der Waals surface area contributed by atoms with Crippen LogP contribution >= 0.6 is 22.6 Å². The Labute approximate surface area is 181 Å². The molecule has 4 fully saturated rings. The molecule has 1 unspecified atom stereocenters. The molecule has 4 bridgehead atoms. The molecule has 0 saturated heterocycles. The number of carbonyl (C=O) groups excluding carboxylic acids is 1. The third-order valence-corrected chi connectivity index (χ3v) is 7.71. The molecule has 5 rings (SSSR count). The van der Waals surface area contributed by atoms with Crippen LogP contribution in [-0.4, -0.2) is 36.2 Å². The molecule has 4 aliphatic carbocycles. The number of aliphatic carboxylic acids is 1. The lowest BCUT2D eigenvalue weighted by molar-refractivity contribution is -0.221. The minimum absolute atomic E-state index is 0.103. The summed E-state index contributed by atoms with van der Waals surface area (Å²) in [6, 6.07) is 4.50. The summed E-state index contributed by atoms with van der Waals surface area (Å²) in [5.74, 6) is -5.81. The molecular formula is C21H23F2IO5. The maximum atomic E-state index is 14.9. The first-order valence-electron chi connectivity index (χ1n) is 9.80. The molecular weight excluding hydrogens is 497 g/mol. The van der Waals surface area contributed by atoms with E-state index in [9.17, 15) is 23.5 Å².